The SMILES string of the molecule is COc1cccc(/C=C2\SC(=O)N(Cc3ccccc3Br)C2=O)c1OCc1c(F)cccc1Cl. The first-order valence-corrected chi connectivity index (χ1v) is 12.1. The van der Waals surface area contributed by atoms with Gasteiger partial charge in [0, 0.05) is 15.6 Å². The zero-order valence-corrected chi connectivity index (χ0v) is 21.0. The molecule has 1 heterocycles. The number of carbonyl (C=O) groups is 2. The van der Waals surface area contributed by atoms with E-state index in [9.17, 15) is 14.0 Å². The molecule has 174 valence electrons. The van der Waals surface area contributed by atoms with Gasteiger partial charge in [-0.1, -0.05) is 63.9 Å². The van der Waals surface area contributed by atoms with Crippen molar-refractivity contribution in [3.05, 3.63) is 97.6 Å². The van der Waals surface area contributed by atoms with Gasteiger partial charge in [-0.05, 0) is 47.7 Å². The van der Waals surface area contributed by atoms with Crippen molar-refractivity contribution in [1.29, 1.82) is 0 Å². The molecule has 3 aromatic carbocycles. The Kier molecular flexibility index (Phi) is 7.60. The van der Waals surface area contributed by atoms with Gasteiger partial charge >= 0.3 is 0 Å². The summed E-state index contributed by atoms with van der Waals surface area (Å²) in [7, 11) is 1.48. The highest BCUT2D eigenvalue weighted by atomic mass is 79.9. The zero-order chi connectivity index (χ0) is 24.2. The Morgan fingerprint density at radius 1 is 1.09 bits per heavy atom. The minimum Gasteiger partial charge on any atom is -0.493 e. The molecule has 0 N–H and O–H groups in total. The van der Waals surface area contributed by atoms with Gasteiger partial charge < -0.3 is 9.47 Å². The molecule has 34 heavy (non-hydrogen) atoms. The van der Waals surface area contributed by atoms with Gasteiger partial charge in [0.2, 0.25) is 0 Å². The lowest BCUT2D eigenvalue weighted by Gasteiger charge is -2.15. The first-order chi connectivity index (χ1) is 16.4. The monoisotopic (exact) mass is 561 g/mol. The number of ether oxygens (including phenoxy) is 2. The van der Waals surface area contributed by atoms with Gasteiger partial charge in [-0.2, -0.15) is 0 Å². The standard InChI is InChI=1S/C25H18BrClFNO4S/c1-32-21-11-4-7-15(23(21)33-14-17-19(27)9-5-10-20(17)28)12-22-24(30)29(25(31)34-22)13-16-6-2-3-8-18(16)26/h2-12H,13-14H2,1H3/b22-12-. The van der Waals surface area contributed by atoms with Crippen molar-refractivity contribution >= 4 is 56.5 Å². The van der Waals surface area contributed by atoms with Gasteiger partial charge in [0.15, 0.2) is 11.5 Å². The third-order valence-electron chi connectivity index (χ3n) is 5.10. The van der Waals surface area contributed by atoms with Crippen LogP contribution in [-0.4, -0.2) is 23.2 Å². The maximum Gasteiger partial charge on any atom is 0.293 e. The van der Waals surface area contributed by atoms with Gasteiger partial charge in [0.25, 0.3) is 11.1 Å². The van der Waals surface area contributed by atoms with E-state index in [-0.39, 0.29) is 33.9 Å². The first kappa shape index (κ1) is 24.3. The van der Waals surface area contributed by atoms with Gasteiger partial charge in [0.05, 0.1) is 23.6 Å². The van der Waals surface area contributed by atoms with Crippen molar-refractivity contribution < 1.29 is 23.5 Å². The molecule has 1 aliphatic heterocycles. The molecule has 0 aromatic heterocycles. The van der Waals surface area contributed by atoms with Gasteiger partial charge in [-0.25, -0.2) is 4.39 Å². The summed E-state index contributed by atoms with van der Waals surface area (Å²) in [6.07, 6.45) is 1.58. The number of amides is 2. The summed E-state index contributed by atoms with van der Waals surface area (Å²) in [4.78, 5) is 27.1. The van der Waals surface area contributed by atoms with Crippen molar-refractivity contribution in [3.63, 3.8) is 0 Å². The molecule has 2 amide bonds. The third-order valence-corrected chi connectivity index (χ3v) is 7.13. The van der Waals surface area contributed by atoms with Crippen LogP contribution in [-0.2, 0) is 17.9 Å². The number of benzene rings is 3. The van der Waals surface area contributed by atoms with Crippen molar-refractivity contribution in [1.82, 2.24) is 4.90 Å². The Hall–Kier alpha value is -2.81. The predicted molar refractivity (Wildman–Crippen MR) is 134 cm³/mol. The fourth-order valence-corrected chi connectivity index (χ4v) is 4.81. The Morgan fingerprint density at radius 2 is 1.85 bits per heavy atom. The maximum atomic E-state index is 14.2. The highest BCUT2D eigenvalue weighted by Gasteiger charge is 2.35. The van der Waals surface area contributed by atoms with Crippen molar-refractivity contribution in [2.24, 2.45) is 0 Å². The van der Waals surface area contributed by atoms with E-state index in [0.29, 0.717) is 17.1 Å². The maximum absolute atomic E-state index is 14.2. The van der Waals surface area contributed by atoms with Crippen LogP contribution in [0.2, 0.25) is 5.02 Å². The molecule has 0 atom stereocenters. The van der Waals surface area contributed by atoms with E-state index >= 15 is 0 Å². The van der Waals surface area contributed by atoms with Crippen molar-refractivity contribution in [3.8, 4) is 11.5 Å². The molecule has 9 heteroatoms. The summed E-state index contributed by atoms with van der Waals surface area (Å²) in [5.41, 5.74) is 1.53. The Bertz CT molecular complexity index is 1280. The molecule has 1 fully saturated rings. The summed E-state index contributed by atoms with van der Waals surface area (Å²) in [6, 6.07) is 16.9. The molecule has 1 saturated heterocycles. The number of carbonyl (C=O) groups excluding carboxylic acids is 2. The largest absolute Gasteiger partial charge is 0.493 e. The van der Waals surface area contributed by atoms with E-state index in [1.54, 1.807) is 30.3 Å². The Morgan fingerprint density at radius 3 is 2.59 bits per heavy atom. The molecular formula is C25H18BrClFNO4S. The second-order valence-corrected chi connectivity index (χ2v) is 9.48. The topological polar surface area (TPSA) is 55.8 Å². The second kappa shape index (κ2) is 10.6. The highest BCUT2D eigenvalue weighted by Crippen LogP contribution is 2.39. The number of imide groups is 1. The molecule has 0 aliphatic carbocycles. The van der Waals surface area contributed by atoms with Crippen LogP contribution in [0.25, 0.3) is 6.08 Å². The number of hydrogen-bond donors (Lipinski definition) is 0. The number of methoxy groups -OCH3 is 1. The minimum atomic E-state index is -0.489. The van der Waals surface area contributed by atoms with Crippen LogP contribution in [0.15, 0.2) is 70.0 Å². The Labute approximate surface area is 213 Å². The van der Waals surface area contributed by atoms with Crippen LogP contribution in [0.4, 0.5) is 9.18 Å². The first-order valence-electron chi connectivity index (χ1n) is 10.1. The highest BCUT2D eigenvalue weighted by molar-refractivity contribution is 9.10. The van der Waals surface area contributed by atoms with Crippen LogP contribution < -0.4 is 9.47 Å². The van der Waals surface area contributed by atoms with Crippen molar-refractivity contribution in [2.45, 2.75) is 13.2 Å². The molecule has 0 radical (unpaired) electrons. The van der Waals surface area contributed by atoms with E-state index in [2.05, 4.69) is 15.9 Å². The molecule has 4 rings (SSSR count). The van der Waals surface area contributed by atoms with E-state index in [1.807, 2.05) is 24.3 Å². The molecule has 0 bridgehead atoms. The average Bonchev–Trinajstić information content (AvgIpc) is 3.08. The quantitative estimate of drug-likeness (QED) is 0.288. The number of nitrogens with zero attached hydrogens (tertiary/aromatic N) is 1. The van der Waals surface area contributed by atoms with Gasteiger partial charge in [-0.15, -0.1) is 0 Å². The van der Waals surface area contributed by atoms with Gasteiger partial charge in [-0.3, -0.25) is 14.5 Å². The molecule has 0 saturated carbocycles. The van der Waals surface area contributed by atoms with Crippen LogP contribution in [0.5, 0.6) is 11.5 Å². The number of para-hydroxylation sites is 1. The minimum absolute atomic E-state index is 0.143. The summed E-state index contributed by atoms with van der Waals surface area (Å²) >= 11 is 10.4. The molecule has 1 aliphatic rings. The van der Waals surface area contributed by atoms with Crippen LogP contribution in [0.3, 0.4) is 0 Å². The number of halogens is 3. The zero-order valence-electron chi connectivity index (χ0n) is 17.9. The normalized spacial score (nSPS) is 14.7. The summed E-state index contributed by atoms with van der Waals surface area (Å²) in [5.74, 6) is -0.190. The number of hydrogen-bond acceptors (Lipinski definition) is 5. The lowest BCUT2D eigenvalue weighted by molar-refractivity contribution is -0.123. The fraction of sp³-hybridized carbons (Fsp3) is 0.120. The third kappa shape index (κ3) is 5.14. The van der Waals surface area contributed by atoms with Crippen LogP contribution in [0.1, 0.15) is 16.7 Å². The van der Waals surface area contributed by atoms with Crippen molar-refractivity contribution in [2.75, 3.05) is 7.11 Å². The fourth-order valence-electron chi connectivity index (χ4n) is 3.35. The number of thioether (sulfide) groups is 1. The summed E-state index contributed by atoms with van der Waals surface area (Å²) in [6.45, 7) is 0.00686. The number of rotatable bonds is 7. The smallest absolute Gasteiger partial charge is 0.293 e. The molecule has 5 nitrogen and oxygen atoms in total. The average molecular weight is 563 g/mol. The molecule has 0 unspecified atom stereocenters. The van der Waals surface area contributed by atoms with E-state index in [0.717, 1.165) is 21.8 Å². The Balaban J connectivity index is 1.62. The van der Waals surface area contributed by atoms with Crippen LogP contribution >= 0.6 is 39.3 Å². The molecular weight excluding hydrogens is 545 g/mol. The second-order valence-electron chi connectivity index (χ2n) is 7.23. The summed E-state index contributed by atoms with van der Waals surface area (Å²) < 4.78 is 26.3. The lowest BCUT2D eigenvalue weighted by Crippen LogP contribution is -2.27. The van der Waals surface area contributed by atoms with E-state index < -0.39 is 11.7 Å². The van der Waals surface area contributed by atoms with Crippen LogP contribution in [0, 0.1) is 5.82 Å². The molecule has 0 spiro atoms. The van der Waals surface area contributed by atoms with Gasteiger partial charge in [0.1, 0.15) is 12.4 Å². The van der Waals surface area contributed by atoms with E-state index in [4.69, 9.17) is 21.1 Å². The predicted octanol–water partition coefficient (Wildman–Crippen LogP) is 7.07. The van der Waals surface area contributed by atoms with E-state index in [1.165, 1.54) is 24.1 Å². The summed E-state index contributed by atoms with van der Waals surface area (Å²) in [5, 5.41) is -0.125. The molecule has 3 aromatic rings. The lowest BCUT2D eigenvalue weighted by atomic mass is 10.1.